The van der Waals surface area contributed by atoms with Crippen molar-refractivity contribution in [3.8, 4) is 11.5 Å². The van der Waals surface area contributed by atoms with Gasteiger partial charge in [-0.1, -0.05) is 121 Å². The number of aryl methyl sites for hydroxylation is 2. The molecule has 3 nitrogen and oxygen atoms in total. The molecule has 0 aromatic heterocycles. The Labute approximate surface area is 225 Å². The molecule has 0 heterocycles. The maximum atomic E-state index is 12.5. The van der Waals surface area contributed by atoms with Gasteiger partial charge in [-0.25, -0.2) is 9.05 Å². The minimum absolute atomic E-state index is 0. The van der Waals surface area contributed by atoms with Crippen LogP contribution in [0.3, 0.4) is 0 Å². The summed E-state index contributed by atoms with van der Waals surface area (Å²) in [5.41, 5.74) is 2.41. The first-order chi connectivity index (χ1) is 16.7. The third-order valence-electron chi connectivity index (χ3n) is 6.37. The largest absolute Gasteiger partial charge is 0.805 e. The van der Waals surface area contributed by atoms with Gasteiger partial charge in [0.15, 0.2) is 11.5 Å². The van der Waals surface area contributed by atoms with E-state index in [1.165, 1.54) is 89.0 Å². The van der Waals surface area contributed by atoms with Gasteiger partial charge in [0.25, 0.3) is 0 Å². The van der Waals surface area contributed by atoms with Crippen LogP contribution in [0.25, 0.3) is 0 Å². The molecular weight excluding hydrogens is 498 g/mol. The van der Waals surface area contributed by atoms with Crippen LogP contribution < -0.4 is 9.05 Å². The Bertz CT molecular complexity index is 794. The average Bonchev–Trinajstić information content (AvgIpc) is 2.85. The van der Waals surface area contributed by atoms with Crippen LogP contribution in [-0.4, -0.2) is 0 Å². The molecule has 1 atom stereocenters. The van der Waals surface area contributed by atoms with Crippen LogP contribution >= 0.6 is 8.25 Å². The van der Waals surface area contributed by atoms with E-state index in [4.69, 9.17) is 9.05 Å². The van der Waals surface area contributed by atoms with E-state index in [2.05, 4.69) is 32.0 Å². The van der Waals surface area contributed by atoms with Crippen LogP contribution in [0.2, 0.25) is 0 Å². The van der Waals surface area contributed by atoms with Gasteiger partial charge in [0, 0.05) is 26.6 Å². The van der Waals surface area contributed by atoms with Gasteiger partial charge in [-0.15, -0.1) is 0 Å². The first kappa shape index (κ1) is 31.7. The van der Waals surface area contributed by atoms with Crippen molar-refractivity contribution >= 4 is 8.25 Å². The SMILES string of the molecule is CCCCCCCCCc1ccc(O[P+](=O)Oc2ccccc2CCCCCCCCC)cc1.[Ni]. The second-order valence-corrected chi connectivity index (χ2v) is 10.2. The minimum Gasteiger partial charge on any atom is -0.222 e. The molecule has 0 radical (unpaired) electrons. The molecule has 35 heavy (non-hydrogen) atoms. The maximum absolute atomic E-state index is 12.5. The number of benzene rings is 2. The molecule has 2 aromatic rings. The van der Waals surface area contributed by atoms with Crippen LogP contribution in [0.1, 0.15) is 115 Å². The molecule has 0 spiro atoms. The second kappa shape index (κ2) is 20.8. The Kier molecular flexibility index (Phi) is 18.8. The molecule has 2 aromatic carbocycles. The summed E-state index contributed by atoms with van der Waals surface area (Å²) >= 11 is 0. The smallest absolute Gasteiger partial charge is 0.222 e. The van der Waals surface area contributed by atoms with E-state index in [0.717, 1.165) is 24.8 Å². The number of para-hydroxylation sites is 1. The number of hydrogen-bond acceptors (Lipinski definition) is 3. The van der Waals surface area contributed by atoms with Crippen molar-refractivity contribution in [2.45, 2.75) is 117 Å². The van der Waals surface area contributed by atoms with E-state index in [1.807, 2.05) is 30.3 Å². The van der Waals surface area contributed by atoms with E-state index < -0.39 is 8.25 Å². The van der Waals surface area contributed by atoms with Crippen molar-refractivity contribution in [2.24, 2.45) is 0 Å². The fourth-order valence-corrected chi connectivity index (χ4v) is 4.93. The van der Waals surface area contributed by atoms with Crippen molar-refractivity contribution in [1.82, 2.24) is 0 Å². The van der Waals surface area contributed by atoms with E-state index in [-0.39, 0.29) is 16.5 Å². The molecule has 0 aliphatic rings. The van der Waals surface area contributed by atoms with E-state index >= 15 is 0 Å². The Balaban J connectivity index is 0.00000612. The zero-order valence-electron chi connectivity index (χ0n) is 21.9. The van der Waals surface area contributed by atoms with Gasteiger partial charge in [0.2, 0.25) is 0 Å². The van der Waals surface area contributed by atoms with Crippen LogP contribution in [0, 0.1) is 0 Å². The number of rotatable bonds is 20. The Morgan fingerprint density at radius 2 is 1.11 bits per heavy atom. The quantitative estimate of drug-likeness (QED) is 0.0945. The average molecular weight is 544 g/mol. The summed E-state index contributed by atoms with van der Waals surface area (Å²) in [5, 5.41) is 0. The minimum atomic E-state index is -2.26. The monoisotopic (exact) mass is 543 g/mol. The summed E-state index contributed by atoms with van der Waals surface area (Å²) < 4.78 is 23.8. The molecule has 0 amide bonds. The van der Waals surface area contributed by atoms with Gasteiger partial charge >= 0.3 is 8.25 Å². The normalized spacial score (nSPS) is 11.1. The maximum Gasteiger partial charge on any atom is 0.805 e. The number of unbranched alkanes of at least 4 members (excludes halogenated alkanes) is 12. The summed E-state index contributed by atoms with van der Waals surface area (Å²) in [7, 11) is -2.26. The van der Waals surface area contributed by atoms with Crippen molar-refractivity contribution in [3.05, 3.63) is 59.7 Å². The molecular formula is C30H46NiO3P+. The summed E-state index contributed by atoms with van der Waals surface area (Å²) in [6, 6.07) is 15.8. The molecule has 0 bridgehead atoms. The van der Waals surface area contributed by atoms with Crippen LogP contribution in [0.5, 0.6) is 11.5 Å². The summed E-state index contributed by atoms with van der Waals surface area (Å²) in [6.07, 6.45) is 20.2. The molecule has 5 heteroatoms. The van der Waals surface area contributed by atoms with Crippen molar-refractivity contribution in [2.75, 3.05) is 0 Å². The standard InChI is InChI=1S/C30H46O3P.Ni/c1-3-5-7-9-11-13-15-19-27-23-25-29(26-24-27)32-34(31)33-30-22-18-17-21-28(30)20-16-14-12-10-8-6-4-2;/h17-18,21-26H,3-16,19-20H2,1-2H3;/q+1;. The van der Waals surface area contributed by atoms with Gasteiger partial charge in [-0.2, -0.15) is 0 Å². The summed E-state index contributed by atoms with van der Waals surface area (Å²) in [6.45, 7) is 4.51. The molecule has 0 aliphatic heterocycles. The fraction of sp³-hybridized carbons (Fsp3) is 0.600. The van der Waals surface area contributed by atoms with Gasteiger partial charge < -0.3 is 0 Å². The van der Waals surface area contributed by atoms with E-state index in [0.29, 0.717) is 11.5 Å². The van der Waals surface area contributed by atoms with Crippen LogP contribution in [0.15, 0.2) is 48.5 Å². The van der Waals surface area contributed by atoms with Crippen molar-refractivity contribution in [1.29, 1.82) is 0 Å². The molecule has 198 valence electrons. The third-order valence-corrected chi connectivity index (χ3v) is 7.07. The van der Waals surface area contributed by atoms with Crippen molar-refractivity contribution < 1.29 is 30.1 Å². The second-order valence-electron chi connectivity index (χ2n) is 9.40. The molecule has 0 saturated carbocycles. The fourth-order valence-electron chi connectivity index (χ4n) is 4.26. The Hall–Kier alpha value is -1.37. The zero-order valence-corrected chi connectivity index (χ0v) is 23.8. The van der Waals surface area contributed by atoms with E-state index in [9.17, 15) is 4.57 Å². The summed E-state index contributed by atoms with van der Waals surface area (Å²) in [4.78, 5) is 0. The van der Waals surface area contributed by atoms with Gasteiger partial charge in [-0.3, -0.25) is 0 Å². The predicted molar refractivity (Wildman–Crippen MR) is 145 cm³/mol. The molecule has 1 unspecified atom stereocenters. The Morgan fingerprint density at radius 3 is 1.71 bits per heavy atom. The first-order valence-corrected chi connectivity index (χ1v) is 14.8. The van der Waals surface area contributed by atoms with Gasteiger partial charge in [0.05, 0.1) is 0 Å². The van der Waals surface area contributed by atoms with Gasteiger partial charge in [0.1, 0.15) is 0 Å². The Morgan fingerprint density at radius 1 is 0.600 bits per heavy atom. The van der Waals surface area contributed by atoms with Crippen molar-refractivity contribution in [3.63, 3.8) is 0 Å². The summed E-state index contributed by atoms with van der Waals surface area (Å²) in [5.74, 6) is 1.26. The third kappa shape index (κ3) is 14.7. The molecule has 2 rings (SSSR count). The molecule has 0 fully saturated rings. The topological polar surface area (TPSA) is 35.5 Å². The zero-order chi connectivity index (χ0) is 24.3. The van der Waals surface area contributed by atoms with E-state index in [1.54, 1.807) is 0 Å². The predicted octanol–water partition coefficient (Wildman–Crippen LogP) is 10.4. The number of hydrogen-bond donors (Lipinski definition) is 0. The first-order valence-electron chi connectivity index (χ1n) is 13.7. The van der Waals surface area contributed by atoms with Crippen LogP contribution in [0.4, 0.5) is 0 Å². The van der Waals surface area contributed by atoms with Gasteiger partial charge in [-0.05, 0) is 49.4 Å². The molecule has 0 N–H and O–H groups in total. The van der Waals surface area contributed by atoms with Crippen LogP contribution in [-0.2, 0) is 33.9 Å². The molecule has 0 aliphatic carbocycles. The molecule has 0 saturated heterocycles.